The van der Waals surface area contributed by atoms with Crippen molar-refractivity contribution < 1.29 is 0 Å². The van der Waals surface area contributed by atoms with Gasteiger partial charge in [0.1, 0.15) is 0 Å². The van der Waals surface area contributed by atoms with Crippen LogP contribution in [0.2, 0.25) is 0 Å². The Labute approximate surface area is 128 Å². The zero-order valence-electron chi connectivity index (χ0n) is 13.7. The van der Waals surface area contributed by atoms with Gasteiger partial charge in [0.2, 0.25) is 0 Å². The SMILES string of the molecule is CCC(C)NCc1c2c(nc3cc(C)cc(C)c13)CCC2. The molecule has 0 spiro atoms. The van der Waals surface area contributed by atoms with Crippen LogP contribution < -0.4 is 5.32 Å². The highest BCUT2D eigenvalue weighted by molar-refractivity contribution is 5.87. The molecule has 21 heavy (non-hydrogen) atoms. The second-order valence-electron chi connectivity index (χ2n) is 6.54. The average molecular weight is 282 g/mol. The summed E-state index contributed by atoms with van der Waals surface area (Å²) in [7, 11) is 0. The van der Waals surface area contributed by atoms with E-state index in [9.17, 15) is 0 Å². The Bertz CT molecular complexity index is 673. The van der Waals surface area contributed by atoms with E-state index in [1.54, 1.807) is 0 Å². The molecule has 2 heteroatoms. The summed E-state index contributed by atoms with van der Waals surface area (Å²) in [5.41, 5.74) is 8.23. The molecule has 1 heterocycles. The fourth-order valence-corrected chi connectivity index (χ4v) is 3.51. The summed E-state index contributed by atoms with van der Waals surface area (Å²) in [5.74, 6) is 0. The lowest BCUT2D eigenvalue weighted by Gasteiger charge is -2.18. The van der Waals surface area contributed by atoms with Gasteiger partial charge in [-0.25, -0.2) is 0 Å². The quantitative estimate of drug-likeness (QED) is 0.907. The lowest BCUT2D eigenvalue weighted by Crippen LogP contribution is -2.25. The maximum atomic E-state index is 4.96. The van der Waals surface area contributed by atoms with Crippen LogP contribution in [0.4, 0.5) is 0 Å². The third kappa shape index (κ3) is 2.69. The van der Waals surface area contributed by atoms with Crippen LogP contribution >= 0.6 is 0 Å². The molecule has 0 amide bonds. The fourth-order valence-electron chi connectivity index (χ4n) is 3.51. The molecule has 0 fully saturated rings. The summed E-state index contributed by atoms with van der Waals surface area (Å²) < 4.78 is 0. The Kier molecular flexibility index (Phi) is 3.99. The number of fused-ring (bicyclic) bond motifs is 2. The van der Waals surface area contributed by atoms with Crippen LogP contribution in [-0.4, -0.2) is 11.0 Å². The average Bonchev–Trinajstić information content (AvgIpc) is 2.90. The van der Waals surface area contributed by atoms with Crippen LogP contribution in [0.1, 0.15) is 54.6 Å². The van der Waals surface area contributed by atoms with Crippen molar-refractivity contribution in [1.82, 2.24) is 10.3 Å². The van der Waals surface area contributed by atoms with Crippen LogP contribution in [0.3, 0.4) is 0 Å². The molecule has 112 valence electrons. The first kappa shape index (κ1) is 14.5. The van der Waals surface area contributed by atoms with Gasteiger partial charge in [-0.3, -0.25) is 4.98 Å². The summed E-state index contributed by atoms with van der Waals surface area (Å²) >= 11 is 0. The summed E-state index contributed by atoms with van der Waals surface area (Å²) in [5, 5.41) is 5.07. The highest BCUT2D eigenvalue weighted by atomic mass is 14.9. The van der Waals surface area contributed by atoms with E-state index in [-0.39, 0.29) is 0 Å². The van der Waals surface area contributed by atoms with Gasteiger partial charge in [0.15, 0.2) is 0 Å². The number of nitrogens with zero attached hydrogens (tertiary/aromatic N) is 1. The van der Waals surface area contributed by atoms with E-state index in [1.807, 2.05) is 0 Å². The normalized spacial score (nSPS) is 15.4. The summed E-state index contributed by atoms with van der Waals surface area (Å²) in [4.78, 5) is 4.96. The van der Waals surface area contributed by atoms with E-state index in [0.29, 0.717) is 6.04 Å². The molecule has 2 aromatic rings. The van der Waals surface area contributed by atoms with Crippen molar-refractivity contribution in [2.24, 2.45) is 0 Å². The lowest BCUT2D eigenvalue weighted by molar-refractivity contribution is 0.534. The largest absolute Gasteiger partial charge is 0.310 e. The summed E-state index contributed by atoms with van der Waals surface area (Å²) in [6, 6.07) is 5.10. The Morgan fingerprint density at radius 3 is 2.81 bits per heavy atom. The minimum absolute atomic E-state index is 0.566. The molecule has 0 radical (unpaired) electrons. The number of hydrogen-bond donors (Lipinski definition) is 1. The van der Waals surface area contributed by atoms with Crippen molar-refractivity contribution >= 4 is 10.9 Å². The van der Waals surface area contributed by atoms with Crippen LogP contribution in [0.5, 0.6) is 0 Å². The van der Waals surface area contributed by atoms with Gasteiger partial charge < -0.3 is 5.32 Å². The second-order valence-corrected chi connectivity index (χ2v) is 6.54. The molecule has 1 aliphatic carbocycles. The molecule has 0 aliphatic heterocycles. The molecule has 3 rings (SSSR count). The molecule has 2 nitrogen and oxygen atoms in total. The third-order valence-electron chi connectivity index (χ3n) is 4.81. The molecule has 0 saturated heterocycles. The number of hydrogen-bond acceptors (Lipinski definition) is 2. The van der Waals surface area contributed by atoms with Gasteiger partial charge in [-0.15, -0.1) is 0 Å². The third-order valence-corrected chi connectivity index (χ3v) is 4.81. The lowest BCUT2D eigenvalue weighted by atomic mass is 9.96. The summed E-state index contributed by atoms with van der Waals surface area (Å²) in [6.07, 6.45) is 4.77. The molecular weight excluding hydrogens is 256 g/mol. The van der Waals surface area contributed by atoms with Gasteiger partial charge >= 0.3 is 0 Å². The molecule has 1 aliphatic rings. The Morgan fingerprint density at radius 2 is 2.05 bits per heavy atom. The van der Waals surface area contributed by atoms with Crippen molar-refractivity contribution in [1.29, 1.82) is 0 Å². The predicted octanol–water partition coefficient (Wildman–Crippen LogP) is 4.23. The minimum Gasteiger partial charge on any atom is -0.310 e. The Balaban J connectivity index is 2.15. The molecular formula is C19H26N2. The smallest absolute Gasteiger partial charge is 0.0714 e. The van der Waals surface area contributed by atoms with Crippen molar-refractivity contribution in [3.63, 3.8) is 0 Å². The second kappa shape index (κ2) is 5.76. The number of nitrogens with one attached hydrogen (secondary N) is 1. The summed E-state index contributed by atoms with van der Waals surface area (Å²) in [6.45, 7) is 9.87. The van der Waals surface area contributed by atoms with Crippen molar-refractivity contribution in [3.05, 3.63) is 40.1 Å². The Hall–Kier alpha value is -1.41. The number of pyridine rings is 1. The zero-order chi connectivity index (χ0) is 15.0. The van der Waals surface area contributed by atoms with Crippen LogP contribution in [0.15, 0.2) is 12.1 Å². The molecule has 1 aromatic carbocycles. The first-order valence-corrected chi connectivity index (χ1v) is 8.25. The van der Waals surface area contributed by atoms with Crippen LogP contribution in [0, 0.1) is 13.8 Å². The van der Waals surface area contributed by atoms with E-state index in [0.717, 1.165) is 13.0 Å². The maximum absolute atomic E-state index is 4.96. The first-order chi connectivity index (χ1) is 10.1. The van der Waals surface area contributed by atoms with Crippen molar-refractivity contribution in [2.45, 2.75) is 66.0 Å². The molecule has 1 aromatic heterocycles. The van der Waals surface area contributed by atoms with Crippen molar-refractivity contribution in [2.75, 3.05) is 0 Å². The topological polar surface area (TPSA) is 24.9 Å². The van der Waals surface area contributed by atoms with Gasteiger partial charge in [-0.2, -0.15) is 0 Å². The molecule has 1 N–H and O–H groups in total. The predicted molar refractivity (Wildman–Crippen MR) is 89.8 cm³/mol. The molecule has 1 atom stereocenters. The highest BCUT2D eigenvalue weighted by Crippen LogP contribution is 2.32. The van der Waals surface area contributed by atoms with Gasteiger partial charge in [0, 0.05) is 23.7 Å². The number of rotatable bonds is 4. The first-order valence-electron chi connectivity index (χ1n) is 8.25. The van der Waals surface area contributed by atoms with E-state index < -0.39 is 0 Å². The van der Waals surface area contributed by atoms with E-state index in [1.165, 1.54) is 58.1 Å². The van der Waals surface area contributed by atoms with Crippen LogP contribution in [-0.2, 0) is 19.4 Å². The van der Waals surface area contributed by atoms with Crippen molar-refractivity contribution in [3.8, 4) is 0 Å². The van der Waals surface area contributed by atoms with E-state index >= 15 is 0 Å². The Morgan fingerprint density at radius 1 is 1.24 bits per heavy atom. The monoisotopic (exact) mass is 282 g/mol. The highest BCUT2D eigenvalue weighted by Gasteiger charge is 2.20. The fraction of sp³-hybridized carbons (Fsp3) is 0.526. The molecule has 0 saturated carbocycles. The standard InChI is InChI=1S/C19H26N2/c1-5-14(4)20-11-16-15-7-6-8-17(15)21-18-10-12(2)9-13(3)19(16)18/h9-10,14,20H,5-8,11H2,1-4H3. The van der Waals surface area contributed by atoms with Gasteiger partial charge in [-0.1, -0.05) is 13.0 Å². The molecule has 1 unspecified atom stereocenters. The number of benzene rings is 1. The van der Waals surface area contributed by atoms with Gasteiger partial charge in [-0.05, 0) is 74.8 Å². The number of aromatic nitrogens is 1. The zero-order valence-corrected chi connectivity index (χ0v) is 13.7. The number of aryl methyl sites for hydroxylation is 3. The van der Waals surface area contributed by atoms with E-state index in [2.05, 4.69) is 45.1 Å². The maximum Gasteiger partial charge on any atom is 0.0714 e. The van der Waals surface area contributed by atoms with Gasteiger partial charge in [0.25, 0.3) is 0 Å². The minimum atomic E-state index is 0.566. The van der Waals surface area contributed by atoms with E-state index in [4.69, 9.17) is 4.98 Å². The van der Waals surface area contributed by atoms with Gasteiger partial charge in [0.05, 0.1) is 5.52 Å². The molecule has 0 bridgehead atoms. The van der Waals surface area contributed by atoms with Crippen LogP contribution in [0.25, 0.3) is 10.9 Å².